The molecule has 0 aliphatic carbocycles. The Hall–Kier alpha value is -2.56. The molecule has 0 atom stereocenters. The van der Waals surface area contributed by atoms with Gasteiger partial charge in [-0.15, -0.1) is 11.8 Å². The van der Waals surface area contributed by atoms with Gasteiger partial charge in [-0.25, -0.2) is 13.6 Å². The van der Waals surface area contributed by atoms with E-state index in [9.17, 15) is 18.0 Å². The zero-order valence-corrected chi connectivity index (χ0v) is 17.1. The second-order valence-electron chi connectivity index (χ2n) is 5.70. The number of hydrogen-bond acceptors (Lipinski definition) is 7. The molecule has 2 aromatic rings. The fourth-order valence-corrected chi connectivity index (χ4v) is 3.44. The molecule has 0 aromatic heterocycles. The first-order chi connectivity index (χ1) is 13.2. The number of carbonyl (C=O) groups excluding carboxylic acids is 2. The molecular weight excluding hydrogens is 404 g/mol. The van der Waals surface area contributed by atoms with E-state index >= 15 is 0 Å². The third-order valence-corrected chi connectivity index (χ3v) is 5.55. The van der Waals surface area contributed by atoms with Crippen molar-refractivity contribution in [3.05, 3.63) is 47.5 Å². The number of esters is 1. The maximum absolute atomic E-state index is 12.5. The van der Waals surface area contributed by atoms with Gasteiger partial charge in [-0.05, 0) is 55.1 Å². The van der Waals surface area contributed by atoms with Crippen molar-refractivity contribution in [3.8, 4) is 11.5 Å². The fraction of sp³-hybridized carbons (Fsp3) is 0.222. The highest BCUT2D eigenvalue weighted by molar-refractivity contribution is 7.98. The first-order valence-corrected chi connectivity index (χ1v) is 10.8. The van der Waals surface area contributed by atoms with Gasteiger partial charge in [0, 0.05) is 4.90 Å². The number of amides is 1. The van der Waals surface area contributed by atoms with E-state index in [1.807, 2.05) is 19.2 Å². The van der Waals surface area contributed by atoms with E-state index in [0.717, 1.165) is 16.5 Å². The van der Waals surface area contributed by atoms with Gasteiger partial charge in [-0.2, -0.15) is 0 Å². The number of hydrogen-bond donors (Lipinski definition) is 2. The summed E-state index contributed by atoms with van der Waals surface area (Å²) < 4.78 is 33.5. The number of rotatable bonds is 7. The van der Waals surface area contributed by atoms with E-state index in [0.29, 0.717) is 5.75 Å². The summed E-state index contributed by atoms with van der Waals surface area (Å²) in [7, 11) is -2.84. The summed E-state index contributed by atoms with van der Waals surface area (Å²) in [6, 6.07) is 9.10. The van der Waals surface area contributed by atoms with Crippen LogP contribution in [0.15, 0.2) is 46.2 Å². The third-order valence-electron chi connectivity index (χ3n) is 3.74. The third kappa shape index (κ3) is 5.47. The summed E-state index contributed by atoms with van der Waals surface area (Å²) in [5.41, 5.74) is 0.907. The van der Waals surface area contributed by atoms with Crippen molar-refractivity contribution in [2.24, 2.45) is 5.14 Å². The van der Waals surface area contributed by atoms with Crippen LogP contribution in [-0.4, -0.2) is 40.2 Å². The molecule has 0 aliphatic rings. The van der Waals surface area contributed by atoms with Gasteiger partial charge in [0.1, 0.15) is 18.0 Å². The molecule has 10 heteroatoms. The minimum Gasteiger partial charge on any atom is -0.468 e. The summed E-state index contributed by atoms with van der Waals surface area (Å²) in [6.07, 6.45) is 1.96. The first-order valence-electron chi connectivity index (χ1n) is 8.00. The lowest BCUT2D eigenvalue weighted by Crippen LogP contribution is -2.30. The molecule has 0 radical (unpaired) electrons. The Bertz CT molecular complexity index is 1010. The number of primary sulfonamides is 1. The SMILES string of the molecule is COC(=O)CNC(=O)c1cc(S(N)(=O)=O)ccc1Oc1ccc(SC)c(C)c1. The normalized spacial score (nSPS) is 11.0. The van der Waals surface area contributed by atoms with Gasteiger partial charge in [-0.1, -0.05) is 0 Å². The van der Waals surface area contributed by atoms with Crippen LogP contribution >= 0.6 is 11.8 Å². The van der Waals surface area contributed by atoms with Crippen molar-refractivity contribution < 1.29 is 27.5 Å². The van der Waals surface area contributed by atoms with Crippen molar-refractivity contribution in [1.29, 1.82) is 0 Å². The van der Waals surface area contributed by atoms with Crippen molar-refractivity contribution in [2.75, 3.05) is 19.9 Å². The molecule has 3 N–H and O–H groups in total. The molecule has 150 valence electrons. The molecule has 0 spiro atoms. The van der Waals surface area contributed by atoms with Crippen LogP contribution in [0.2, 0.25) is 0 Å². The van der Waals surface area contributed by atoms with Crippen LogP contribution in [0.5, 0.6) is 11.5 Å². The average Bonchev–Trinajstić information content (AvgIpc) is 2.65. The van der Waals surface area contributed by atoms with Crippen molar-refractivity contribution in [2.45, 2.75) is 16.7 Å². The van der Waals surface area contributed by atoms with Crippen LogP contribution in [0.25, 0.3) is 0 Å². The van der Waals surface area contributed by atoms with Crippen LogP contribution in [-0.2, 0) is 19.6 Å². The number of sulfonamides is 1. The minimum atomic E-state index is -4.03. The predicted molar refractivity (Wildman–Crippen MR) is 105 cm³/mol. The zero-order chi connectivity index (χ0) is 20.9. The maximum Gasteiger partial charge on any atom is 0.325 e. The molecule has 0 bridgehead atoms. The van der Waals surface area contributed by atoms with Crippen molar-refractivity contribution >= 4 is 33.7 Å². The van der Waals surface area contributed by atoms with E-state index in [1.165, 1.54) is 19.2 Å². The molecule has 0 heterocycles. The van der Waals surface area contributed by atoms with E-state index in [-0.39, 0.29) is 22.8 Å². The van der Waals surface area contributed by atoms with Crippen molar-refractivity contribution in [3.63, 3.8) is 0 Å². The highest BCUT2D eigenvalue weighted by Crippen LogP contribution is 2.30. The summed E-state index contributed by atoms with van der Waals surface area (Å²) in [5.74, 6) is -0.767. The molecule has 0 aliphatic heterocycles. The number of thioether (sulfide) groups is 1. The monoisotopic (exact) mass is 424 g/mol. The smallest absolute Gasteiger partial charge is 0.325 e. The van der Waals surface area contributed by atoms with E-state index in [4.69, 9.17) is 9.88 Å². The number of ether oxygens (including phenoxy) is 2. The second-order valence-corrected chi connectivity index (χ2v) is 8.10. The van der Waals surface area contributed by atoms with E-state index in [2.05, 4.69) is 10.1 Å². The average molecular weight is 425 g/mol. The number of benzene rings is 2. The predicted octanol–water partition coefficient (Wildman–Crippen LogP) is 2.06. The molecule has 0 saturated carbocycles. The fourth-order valence-electron chi connectivity index (χ4n) is 2.31. The Morgan fingerprint density at radius 2 is 1.89 bits per heavy atom. The van der Waals surface area contributed by atoms with Gasteiger partial charge in [0.2, 0.25) is 10.0 Å². The first kappa shape index (κ1) is 21.7. The van der Waals surface area contributed by atoms with Gasteiger partial charge in [0.05, 0.1) is 17.6 Å². The quantitative estimate of drug-likeness (QED) is 0.515. The summed E-state index contributed by atoms with van der Waals surface area (Å²) >= 11 is 1.59. The van der Waals surface area contributed by atoms with Crippen LogP contribution in [0.3, 0.4) is 0 Å². The summed E-state index contributed by atoms with van der Waals surface area (Å²) in [5, 5.41) is 7.50. The van der Waals surface area contributed by atoms with Crippen molar-refractivity contribution in [1.82, 2.24) is 5.32 Å². The molecule has 1 amide bonds. The van der Waals surface area contributed by atoms with E-state index < -0.39 is 21.9 Å². The maximum atomic E-state index is 12.5. The molecule has 0 unspecified atom stereocenters. The zero-order valence-electron chi connectivity index (χ0n) is 15.5. The van der Waals surface area contributed by atoms with Gasteiger partial charge in [0.25, 0.3) is 5.91 Å². The van der Waals surface area contributed by atoms with Gasteiger partial charge >= 0.3 is 5.97 Å². The van der Waals surface area contributed by atoms with Gasteiger partial charge in [0.15, 0.2) is 0 Å². The molecular formula is C18H20N2O6S2. The molecule has 0 fully saturated rings. The Labute approximate surface area is 167 Å². The number of methoxy groups -OCH3 is 1. The van der Waals surface area contributed by atoms with Crippen LogP contribution < -0.4 is 15.2 Å². The molecule has 2 rings (SSSR count). The lowest BCUT2D eigenvalue weighted by molar-refractivity contribution is -0.139. The van der Waals surface area contributed by atoms with Gasteiger partial charge in [-0.3, -0.25) is 9.59 Å². The Kier molecular flexibility index (Phi) is 7.05. The Morgan fingerprint density at radius 1 is 1.18 bits per heavy atom. The largest absolute Gasteiger partial charge is 0.468 e. The Balaban J connectivity index is 2.40. The highest BCUT2D eigenvalue weighted by Gasteiger charge is 2.19. The number of nitrogens with one attached hydrogen (secondary N) is 1. The second kappa shape index (κ2) is 9.09. The van der Waals surface area contributed by atoms with Crippen LogP contribution in [0.1, 0.15) is 15.9 Å². The summed E-state index contributed by atoms with van der Waals surface area (Å²) in [4.78, 5) is 24.6. The molecule has 2 aromatic carbocycles. The van der Waals surface area contributed by atoms with Gasteiger partial charge < -0.3 is 14.8 Å². The summed E-state index contributed by atoms with van der Waals surface area (Å²) in [6.45, 7) is 1.54. The van der Waals surface area contributed by atoms with E-state index in [1.54, 1.807) is 23.9 Å². The number of carbonyl (C=O) groups is 2. The Morgan fingerprint density at radius 3 is 2.46 bits per heavy atom. The standard InChI is InChI=1S/C18H20N2O6S2/c1-11-8-12(4-7-16(11)27-3)26-15-6-5-13(28(19,23)24)9-14(15)18(22)20-10-17(21)25-2/h4-9H,10H2,1-3H3,(H,20,22)(H2,19,23,24). The molecule has 0 saturated heterocycles. The van der Waals surface area contributed by atoms with Crippen LogP contribution in [0.4, 0.5) is 0 Å². The topological polar surface area (TPSA) is 125 Å². The molecule has 8 nitrogen and oxygen atoms in total. The number of nitrogens with two attached hydrogens (primary N) is 1. The minimum absolute atomic E-state index is 0.0815. The lowest BCUT2D eigenvalue weighted by atomic mass is 10.1. The number of aryl methyl sites for hydroxylation is 1. The lowest BCUT2D eigenvalue weighted by Gasteiger charge is -2.13. The molecule has 28 heavy (non-hydrogen) atoms. The van der Waals surface area contributed by atoms with Crippen LogP contribution in [0, 0.1) is 6.92 Å². The highest BCUT2D eigenvalue weighted by atomic mass is 32.2.